The van der Waals surface area contributed by atoms with Crippen molar-refractivity contribution in [2.75, 3.05) is 40.4 Å². The van der Waals surface area contributed by atoms with Gasteiger partial charge in [-0.25, -0.2) is 14.4 Å². The molecule has 3 rings (SSSR count). The molecule has 246 valence electrons. The van der Waals surface area contributed by atoms with Gasteiger partial charge in [-0.05, 0) is 66.5 Å². The molecule has 0 aromatic heterocycles. The topological polar surface area (TPSA) is 137 Å². The Morgan fingerprint density at radius 2 is 1.40 bits per heavy atom. The average Bonchev–Trinajstić information content (AvgIpc) is 2.91. The minimum Gasteiger partial charge on any atom is -0.445 e. The molecule has 1 aromatic carbocycles. The molecule has 0 bridgehead atoms. The van der Waals surface area contributed by atoms with Crippen LogP contribution in [0.5, 0.6) is 0 Å². The molecule has 2 fully saturated rings. The van der Waals surface area contributed by atoms with Crippen LogP contribution in [-0.4, -0.2) is 99.1 Å². The number of hydrogen-bond donors (Lipinski definition) is 3. The number of alkyl carbamates (subject to hydrolysis) is 2. The van der Waals surface area contributed by atoms with Crippen LogP contribution >= 0.6 is 0 Å². The maximum Gasteiger partial charge on any atom is 0.410 e. The standard InChI is InChI=1S/C19H28N2O5.C11H22N2O3.CH4/c1-19(2,3)26-17(22)20-15-10-11-21(12-16(15)24-4)18(23)25-13-14-8-6-5-7-9-14;1-11(2,3)16-10(14)13-8-5-6-12-7-9(8)15-4;/h5-9,15-16H,10-13H2,1-4H3,(H,20,22);8-9,12H,5-7H2,1-4H3,(H,13,14);1H4/t15-,16-;8-,9-;/m11./s1. The fourth-order valence-electron chi connectivity index (χ4n) is 4.46. The summed E-state index contributed by atoms with van der Waals surface area (Å²) in [5.41, 5.74) is -0.0839. The molecule has 0 unspecified atom stereocenters. The number of carbonyl (C=O) groups excluding carboxylic acids is 3. The van der Waals surface area contributed by atoms with Gasteiger partial charge < -0.3 is 44.5 Å². The molecule has 2 aliphatic heterocycles. The van der Waals surface area contributed by atoms with Gasteiger partial charge in [0, 0.05) is 27.3 Å². The van der Waals surface area contributed by atoms with Crippen molar-refractivity contribution >= 4 is 18.3 Å². The van der Waals surface area contributed by atoms with Gasteiger partial charge in [0.05, 0.1) is 30.8 Å². The lowest BCUT2D eigenvalue weighted by Gasteiger charge is -2.37. The summed E-state index contributed by atoms with van der Waals surface area (Å²) >= 11 is 0. The van der Waals surface area contributed by atoms with Crippen LogP contribution in [0.4, 0.5) is 14.4 Å². The summed E-state index contributed by atoms with van der Waals surface area (Å²) in [6, 6.07) is 9.34. The predicted octanol–water partition coefficient (Wildman–Crippen LogP) is 4.46. The number of ether oxygens (including phenoxy) is 5. The van der Waals surface area contributed by atoms with E-state index in [-0.39, 0.29) is 50.5 Å². The third-order valence-corrected chi connectivity index (χ3v) is 6.46. The Morgan fingerprint density at radius 3 is 1.91 bits per heavy atom. The van der Waals surface area contributed by atoms with E-state index in [4.69, 9.17) is 23.7 Å². The Balaban J connectivity index is 0.000000469. The van der Waals surface area contributed by atoms with Crippen LogP contribution in [0.15, 0.2) is 30.3 Å². The lowest BCUT2D eigenvalue weighted by Crippen LogP contribution is -2.56. The second-order valence-corrected chi connectivity index (χ2v) is 12.3. The third kappa shape index (κ3) is 14.8. The second-order valence-electron chi connectivity index (χ2n) is 12.3. The van der Waals surface area contributed by atoms with Gasteiger partial charge in [-0.2, -0.15) is 0 Å². The lowest BCUT2D eigenvalue weighted by atomic mass is 10.0. The Kier molecular flexibility index (Phi) is 15.8. The van der Waals surface area contributed by atoms with Crippen LogP contribution in [-0.2, 0) is 30.3 Å². The first-order valence-corrected chi connectivity index (χ1v) is 14.4. The zero-order valence-electron chi connectivity index (χ0n) is 26.4. The van der Waals surface area contributed by atoms with Crippen LogP contribution in [0.2, 0.25) is 0 Å². The number of likely N-dealkylation sites (tertiary alicyclic amines) is 1. The van der Waals surface area contributed by atoms with E-state index >= 15 is 0 Å². The van der Waals surface area contributed by atoms with Crippen molar-refractivity contribution in [3.05, 3.63) is 35.9 Å². The van der Waals surface area contributed by atoms with Gasteiger partial charge >= 0.3 is 18.3 Å². The summed E-state index contributed by atoms with van der Waals surface area (Å²) in [4.78, 5) is 37.4. The molecule has 0 saturated carbocycles. The van der Waals surface area contributed by atoms with Crippen LogP contribution in [0, 0.1) is 0 Å². The minimum absolute atomic E-state index is 0. The van der Waals surface area contributed by atoms with E-state index in [1.807, 2.05) is 71.9 Å². The van der Waals surface area contributed by atoms with Crippen molar-refractivity contribution in [1.82, 2.24) is 20.9 Å². The van der Waals surface area contributed by atoms with Crippen LogP contribution in [0.1, 0.15) is 67.4 Å². The molecular formula is C31H54N4O8. The Labute approximate surface area is 257 Å². The number of hydrogen-bond acceptors (Lipinski definition) is 9. The zero-order valence-corrected chi connectivity index (χ0v) is 26.4. The molecule has 4 atom stereocenters. The average molecular weight is 611 g/mol. The van der Waals surface area contributed by atoms with Crippen molar-refractivity contribution in [2.24, 2.45) is 0 Å². The lowest BCUT2D eigenvalue weighted by molar-refractivity contribution is -0.00446. The van der Waals surface area contributed by atoms with Gasteiger partial charge in [0.1, 0.15) is 17.8 Å². The number of carbonyl (C=O) groups is 3. The summed E-state index contributed by atoms with van der Waals surface area (Å²) in [6.07, 6.45) is -0.116. The molecule has 2 aliphatic rings. The van der Waals surface area contributed by atoms with Crippen molar-refractivity contribution < 1.29 is 38.1 Å². The highest BCUT2D eigenvalue weighted by molar-refractivity contribution is 5.69. The quantitative estimate of drug-likeness (QED) is 0.399. The molecule has 43 heavy (non-hydrogen) atoms. The fourth-order valence-corrected chi connectivity index (χ4v) is 4.46. The number of nitrogens with zero attached hydrogens (tertiary/aromatic N) is 1. The molecular weight excluding hydrogens is 556 g/mol. The summed E-state index contributed by atoms with van der Waals surface area (Å²) in [7, 11) is 3.22. The van der Waals surface area contributed by atoms with Crippen molar-refractivity contribution in [3.63, 3.8) is 0 Å². The first-order chi connectivity index (χ1) is 19.7. The molecule has 2 heterocycles. The number of nitrogens with one attached hydrogen (secondary N) is 3. The normalized spacial score (nSPS) is 22.1. The summed E-state index contributed by atoms with van der Waals surface area (Å²) in [6.45, 7) is 13.7. The Morgan fingerprint density at radius 1 is 0.860 bits per heavy atom. The number of piperidine rings is 2. The molecule has 12 heteroatoms. The molecule has 0 spiro atoms. The molecule has 2 saturated heterocycles. The van der Waals surface area contributed by atoms with Gasteiger partial charge in [0.2, 0.25) is 0 Å². The Bertz CT molecular complexity index is 980. The smallest absolute Gasteiger partial charge is 0.410 e. The highest BCUT2D eigenvalue weighted by Crippen LogP contribution is 2.17. The van der Waals surface area contributed by atoms with E-state index in [9.17, 15) is 14.4 Å². The number of rotatable bonds is 6. The monoisotopic (exact) mass is 610 g/mol. The maximum absolute atomic E-state index is 12.3. The van der Waals surface area contributed by atoms with Crippen molar-refractivity contribution in [3.8, 4) is 0 Å². The number of benzene rings is 1. The van der Waals surface area contributed by atoms with Gasteiger partial charge in [0.25, 0.3) is 0 Å². The zero-order chi connectivity index (χ0) is 31.3. The van der Waals surface area contributed by atoms with Crippen LogP contribution < -0.4 is 16.0 Å². The number of methoxy groups -OCH3 is 2. The fraction of sp³-hybridized carbons (Fsp3) is 0.710. The van der Waals surface area contributed by atoms with E-state index in [2.05, 4.69) is 16.0 Å². The highest BCUT2D eigenvalue weighted by atomic mass is 16.6. The van der Waals surface area contributed by atoms with Crippen molar-refractivity contribution in [2.45, 2.75) is 104 Å². The first-order valence-electron chi connectivity index (χ1n) is 14.4. The minimum atomic E-state index is -0.561. The van der Waals surface area contributed by atoms with Gasteiger partial charge in [0.15, 0.2) is 0 Å². The number of amides is 3. The summed E-state index contributed by atoms with van der Waals surface area (Å²) < 4.78 is 26.6. The van der Waals surface area contributed by atoms with Gasteiger partial charge in [-0.1, -0.05) is 37.8 Å². The molecule has 0 aliphatic carbocycles. The Hall–Kier alpha value is -3.09. The summed E-state index contributed by atoms with van der Waals surface area (Å²) in [5.74, 6) is 0. The molecule has 1 aromatic rings. The molecule has 0 radical (unpaired) electrons. The van der Waals surface area contributed by atoms with E-state index < -0.39 is 17.3 Å². The van der Waals surface area contributed by atoms with Gasteiger partial charge in [-0.3, -0.25) is 0 Å². The van der Waals surface area contributed by atoms with Crippen LogP contribution in [0.3, 0.4) is 0 Å². The first kappa shape index (κ1) is 37.9. The van der Waals surface area contributed by atoms with Gasteiger partial charge in [-0.15, -0.1) is 0 Å². The van der Waals surface area contributed by atoms with Crippen LogP contribution in [0.25, 0.3) is 0 Å². The SMILES string of the molecule is C.CO[C@@H]1CN(C(=O)OCc2ccccc2)CC[C@H]1NC(=O)OC(C)(C)C.CO[C@@H]1CNCC[C@H]1NC(=O)OC(C)(C)C. The highest BCUT2D eigenvalue weighted by Gasteiger charge is 2.34. The second kappa shape index (κ2) is 17.9. The largest absolute Gasteiger partial charge is 0.445 e. The molecule has 3 amide bonds. The molecule has 12 nitrogen and oxygen atoms in total. The van der Waals surface area contributed by atoms with E-state index in [0.717, 1.165) is 25.1 Å². The van der Waals surface area contributed by atoms with E-state index in [0.29, 0.717) is 19.5 Å². The molecule has 3 N–H and O–H groups in total. The third-order valence-electron chi connectivity index (χ3n) is 6.46. The summed E-state index contributed by atoms with van der Waals surface area (Å²) in [5, 5.41) is 8.90. The van der Waals surface area contributed by atoms with E-state index in [1.165, 1.54) is 0 Å². The van der Waals surface area contributed by atoms with E-state index in [1.54, 1.807) is 19.1 Å². The predicted molar refractivity (Wildman–Crippen MR) is 165 cm³/mol. The maximum atomic E-state index is 12.3. The van der Waals surface area contributed by atoms with Crippen molar-refractivity contribution in [1.29, 1.82) is 0 Å².